The third-order valence-corrected chi connectivity index (χ3v) is 2.36. The molecule has 0 radical (unpaired) electrons. The van der Waals surface area contributed by atoms with E-state index < -0.39 is 0 Å². The average Bonchev–Trinajstić information content (AvgIpc) is 2.14. The fraction of sp³-hybridized carbons (Fsp3) is 0.857. The highest BCUT2D eigenvalue weighted by atomic mass is 14.9. The Morgan fingerprint density at radius 1 is 0.933 bits per heavy atom. The lowest BCUT2D eigenvalue weighted by Gasteiger charge is -2.19. The van der Waals surface area contributed by atoms with Gasteiger partial charge in [-0.15, -0.1) is 0 Å². The van der Waals surface area contributed by atoms with E-state index in [1.54, 1.807) is 0 Å². The molecule has 0 atom stereocenters. The normalized spacial score (nSPS) is 12.5. The molecular weight excluding hydrogens is 182 g/mol. The van der Waals surface area contributed by atoms with Crippen LogP contribution in [0.15, 0.2) is 12.2 Å². The fourth-order valence-corrected chi connectivity index (χ4v) is 1.46. The van der Waals surface area contributed by atoms with Crippen molar-refractivity contribution in [2.24, 2.45) is 0 Å². The molecule has 0 fully saturated rings. The van der Waals surface area contributed by atoms with Crippen LogP contribution in [0.2, 0.25) is 0 Å². The number of hydrogen-bond donors (Lipinski definition) is 1. The van der Waals surface area contributed by atoms with Crippen molar-refractivity contribution in [3.63, 3.8) is 0 Å². The minimum atomic E-state index is 0.259. The van der Waals surface area contributed by atoms with Crippen LogP contribution >= 0.6 is 0 Å². The van der Waals surface area contributed by atoms with E-state index in [0.717, 1.165) is 13.0 Å². The molecule has 0 aliphatic rings. The van der Waals surface area contributed by atoms with Gasteiger partial charge in [-0.1, -0.05) is 38.3 Å². The first-order valence-corrected chi connectivity index (χ1v) is 6.46. The zero-order chi connectivity index (χ0) is 11.6. The Morgan fingerprint density at radius 2 is 1.60 bits per heavy atom. The van der Waals surface area contributed by atoms with Gasteiger partial charge in [0.1, 0.15) is 0 Å². The Kier molecular flexibility index (Phi) is 8.79. The topological polar surface area (TPSA) is 12.0 Å². The lowest BCUT2D eigenvalue weighted by molar-refractivity contribution is 0.431. The van der Waals surface area contributed by atoms with Crippen LogP contribution in [0.25, 0.3) is 0 Å². The van der Waals surface area contributed by atoms with Crippen LogP contribution in [0, 0.1) is 0 Å². The van der Waals surface area contributed by atoms with E-state index in [4.69, 9.17) is 0 Å². The summed E-state index contributed by atoms with van der Waals surface area (Å²) in [5, 5.41) is 3.48. The molecule has 0 aliphatic heterocycles. The Hall–Kier alpha value is -0.300. The van der Waals surface area contributed by atoms with Crippen molar-refractivity contribution in [2.45, 2.75) is 71.8 Å². The van der Waals surface area contributed by atoms with Crippen molar-refractivity contribution in [3.05, 3.63) is 12.2 Å². The summed E-state index contributed by atoms with van der Waals surface area (Å²) in [5.74, 6) is 0. The zero-order valence-electron chi connectivity index (χ0n) is 11.1. The smallest absolute Gasteiger partial charge is 0.00966 e. The molecule has 1 nitrogen and oxygen atoms in total. The minimum absolute atomic E-state index is 0.259. The molecule has 0 aromatic rings. The largest absolute Gasteiger partial charge is 0.312 e. The van der Waals surface area contributed by atoms with Gasteiger partial charge in [0.05, 0.1) is 0 Å². The van der Waals surface area contributed by atoms with Gasteiger partial charge in [-0.2, -0.15) is 0 Å². The predicted molar refractivity (Wildman–Crippen MR) is 70.3 cm³/mol. The van der Waals surface area contributed by atoms with Gasteiger partial charge in [-0.05, 0) is 46.6 Å². The summed E-state index contributed by atoms with van der Waals surface area (Å²) in [7, 11) is 0. The Morgan fingerprint density at radius 3 is 2.20 bits per heavy atom. The zero-order valence-corrected chi connectivity index (χ0v) is 11.1. The van der Waals surface area contributed by atoms with Crippen molar-refractivity contribution in [2.75, 3.05) is 6.54 Å². The Bertz CT molecular complexity index is 153. The van der Waals surface area contributed by atoms with Crippen LogP contribution in [0.1, 0.15) is 66.2 Å². The van der Waals surface area contributed by atoms with Crippen molar-refractivity contribution in [1.82, 2.24) is 5.32 Å². The maximum Gasteiger partial charge on any atom is 0.00966 e. The first-order valence-electron chi connectivity index (χ1n) is 6.46. The highest BCUT2D eigenvalue weighted by Crippen LogP contribution is 2.03. The molecule has 1 heteroatoms. The van der Waals surface area contributed by atoms with Crippen LogP contribution in [0.4, 0.5) is 0 Å². The molecule has 0 spiro atoms. The molecule has 0 saturated carbocycles. The molecule has 1 N–H and O–H groups in total. The summed E-state index contributed by atoms with van der Waals surface area (Å²) >= 11 is 0. The molecule has 90 valence electrons. The second kappa shape index (κ2) is 8.96. The third kappa shape index (κ3) is 13.7. The summed E-state index contributed by atoms with van der Waals surface area (Å²) in [6.07, 6.45) is 12.5. The maximum absolute atomic E-state index is 3.48. The highest BCUT2D eigenvalue weighted by molar-refractivity contribution is 4.83. The molecule has 0 heterocycles. The fourth-order valence-electron chi connectivity index (χ4n) is 1.46. The standard InChI is InChI=1S/C14H29N/c1-5-6-7-8-9-10-11-12-13-15-14(2,3)4/h10-11,15H,5-9,12-13H2,1-4H3. The van der Waals surface area contributed by atoms with Crippen LogP contribution in [0.3, 0.4) is 0 Å². The molecule has 0 aromatic heterocycles. The number of hydrogen-bond acceptors (Lipinski definition) is 1. The van der Waals surface area contributed by atoms with E-state index in [-0.39, 0.29) is 5.54 Å². The lowest BCUT2D eigenvalue weighted by Crippen LogP contribution is -2.36. The van der Waals surface area contributed by atoms with E-state index in [1.807, 2.05) is 0 Å². The first-order chi connectivity index (χ1) is 7.06. The molecule has 0 unspecified atom stereocenters. The lowest BCUT2D eigenvalue weighted by atomic mass is 10.1. The van der Waals surface area contributed by atoms with Gasteiger partial charge in [0.15, 0.2) is 0 Å². The SMILES string of the molecule is CCCCCCC=CCCNC(C)(C)C. The Balaban J connectivity index is 3.18. The predicted octanol–water partition coefficient (Wildman–Crippen LogP) is 4.29. The summed E-state index contributed by atoms with van der Waals surface area (Å²) < 4.78 is 0. The van der Waals surface area contributed by atoms with Gasteiger partial charge in [0, 0.05) is 5.54 Å². The second-order valence-electron chi connectivity index (χ2n) is 5.29. The van der Waals surface area contributed by atoms with Crippen molar-refractivity contribution in [1.29, 1.82) is 0 Å². The van der Waals surface area contributed by atoms with Gasteiger partial charge in [0.25, 0.3) is 0 Å². The van der Waals surface area contributed by atoms with Gasteiger partial charge in [-0.25, -0.2) is 0 Å². The highest BCUT2D eigenvalue weighted by Gasteiger charge is 2.05. The molecule has 0 aromatic carbocycles. The van der Waals surface area contributed by atoms with E-state index in [2.05, 4.69) is 45.2 Å². The van der Waals surface area contributed by atoms with Crippen LogP contribution in [-0.2, 0) is 0 Å². The molecule has 0 aliphatic carbocycles. The molecule has 15 heavy (non-hydrogen) atoms. The van der Waals surface area contributed by atoms with Crippen LogP contribution in [0.5, 0.6) is 0 Å². The molecular formula is C14H29N. The van der Waals surface area contributed by atoms with Crippen LogP contribution in [-0.4, -0.2) is 12.1 Å². The van der Waals surface area contributed by atoms with Gasteiger partial charge < -0.3 is 5.32 Å². The third-order valence-electron chi connectivity index (χ3n) is 2.36. The van der Waals surface area contributed by atoms with Gasteiger partial charge >= 0.3 is 0 Å². The number of nitrogens with one attached hydrogen (secondary N) is 1. The molecule has 0 saturated heterocycles. The van der Waals surface area contributed by atoms with E-state index >= 15 is 0 Å². The van der Waals surface area contributed by atoms with E-state index in [0.29, 0.717) is 0 Å². The summed E-state index contributed by atoms with van der Waals surface area (Å²) in [6, 6.07) is 0. The second-order valence-corrected chi connectivity index (χ2v) is 5.29. The van der Waals surface area contributed by atoms with E-state index in [1.165, 1.54) is 32.1 Å². The molecule has 0 rings (SSSR count). The van der Waals surface area contributed by atoms with Gasteiger partial charge in [0.2, 0.25) is 0 Å². The number of unbranched alkanes of at least 4 members (excludes halogenated alkanes) is 4. The van der Waals surface area contributed by atoms with Gasteiger partial charge in [-0.3, -0.25) is 0 Å². The number of allylic oxidation sites excluding steroid dienone is 1. The molecule has 0 amide bonds. The Labute approximate surface area is 96.3 Å². The average molecular weight is 211 g/mol. The van der Waals surface area contributed by atoms with Crippen molar-refractivity contribution >= 4 is 0 Å². The van der Waals surface area contributed by atoms with Crippen LogP contribution < -0.4 is 5.32 Å². The first kappa shape index (κ1) is 14.7. The maximum atomic E-state index is 3.48. The van der Waals surface area contributed by atoms with Crippen molar-refractivity contribution < 1.29 is 0 Å². The summed E-state index contributed by atoms with van der Waals surface area (Å²) in [4.78, 5) is 0. The van der Waals surface area contributed by atoms with Crippen molar-refractivity contribution in [3.8, 4) is 0 Å². The summed E-state index contributed by atoms with van der Waals surface area (Å²) in [5.41, 5.74) is 0.259. The molecule has 0 bridgehead atoms. The minimum Gasteiger partial charge on any atom is -0.312 e. The van der Waals surface area contributed by atoms with E-state index in [9.17, 15) is 0 Å². The number of rotatable bonds is 8. The summed E-state index contributed by atoms with van der Waals surface area (Å²) in [6.45, 7) is 9.98. The quantitative estimate of drug-likeness (QED) is 0.466. The monoisotopic (exact) mass is 211 g/mol.